The van der Waals surface area contributed by atoms with Gasteiger partial charge >= 0.3 is 0 Å². The van der Waals surface area contributed by atoms with Crippen LogP contribution in [-0.4, -0.2) is 51.8 Å². The Hall–Kier alpha value is -3.74. The Kier molecular flexibility index (Phi) is 8.13. The third kappa shape index (κ3) is 6.38. The summed E-state index contributed by atoms with van der Waals surface area (Å²) in [7, 11) is 1.43. The van der Waals surface area contributed by atoms with E-state index in [9.17, 15) is 14.9 Å². The Bertz CT molecular complexity index is 1110. The average molecular weight is 471 g/mol. The van der Waals surface area contributed by atoms with Crippen LogP contribution in [0.25, 0.3) is 6.08 Å². The van der Waals surface area contributed by atoms with Crippen LogP contribution in [0.5, 0.6) is 11.5 Å². The molecule has 0 radical (unpaired) electrons. The lowest BCUT2D eigenvalue weighted by Crippen LogP contribution is -2.36. The lowest BCUT2D eigenvalue weighted by Gasteiger charge is -2.30. The molecule has 3 N–H and O–H groups in total. The largest absolute Gasteiger partial charge is 0.493 e. The summed E-state index contributed by atoms with van der Waals surface area (Å²) >= 11 is 6.15. The number of carbonyl (C=O) groups is 2. The molecule has 33 heavy (non-hydrogen) atoms. The number of anilines is 2. The molecule has 0 aliphatic carbocycles. The summed E-state index contributed by atoms with van der Waals surface area (Å²) in [4.78, 5) is 25.9. The first kappa shape index (κ1) is 23.9. The fraction of sp³-hybridized carbons (Fsp3) is 0.261. The predicted molar refractivity (Wildman–Crippen MR) is 124 cm³/mol. The Labute approximate surface area is 196 Å². The Morgan fingerprint density at radius 2 is 2.00 bits per heavy atom. The number of rotatable bonds is 8. The van der Waals surface area contributed by atoms with E-state index in [1.54, 1.807) is 30.3 Å². The minimum absolute atomic E-state index is 0.115. The summed E-state index contributed by atoms with van der Waals surface area (Å²) in [5, 5.41) is 12.8. The fourth-order valence-electron chi connectivity index (χ4n) is 3.24. The molecule has 2 amide bonds. The van der Waals surface area contributed by atoms with Crippen LogP contribution in [-0.2, 0) is 14.3 Å². The van der Waals surface area contributed by atoms with Crippen molar-refractivity contribution in [1.29, 1.82) is 5.26 Å². The van der Waals surface area contributed by atoms with E-state index < -0.39 is 11.8 Å². The zero-order valence-electron chi connectivity index (χ0n) is 18.0. The van der Waals surface area contributed by atoms with Gasteiger partial charge in [0.2, 0.25) is 0 Å². The Balaban J connectivity index is 1.83. The number of nitrogens with two attached hydrogens (primary N) is 1. The highest BCUT2D eigenvalue weighted by atomic mass is 35.5. The summed E-state index contributed by atoms with van der Waals surface area (Å²) in [6, 6.07) is 11.9. The van der Waals surface area contributed by atoms with Gasteiger partial charge in [0.15, 0.2) is 18.1 Å². The minimum atomic E-state index is -0.623. The summed E-state index contributed by atoms with van der Waals surface area (Å²) in [5.74, 6) is -0.568. The average Bonchev–Trinajstić information content (AvgIpc) is 2.82. The number of morpholine rings is 1. The standard InChI is InChI=1S/C23H23ClN4O5/c1-31-21-11-15(2-5-20(21)33-14-22(26)29)10-16(13-25)23(30)27-18-12-17(24)3-4-19(18)28-6-8-32-9-7-28/h2-5,10-12H,6-9,14H2,1H3,(H2,26,29)(H,27,30)/b16-10+. The van der Waals surface area contributed by atoms with Crippen LogP contribution < -0.4 is 25.4 Å². The molecular weight excluding hydrogens is 448 g/mol. The van der Waals surface area contributed by atoms with Crippen LogP contribution in [0.15, 0.2) is 42.0 Å². The second kappa shape index (κ2) is 11.2. The van der Waals surface area contributed by atoms with Gasteiger partial charge in [-0.25, -0.2) is 0 Å². The minimum Gasteiger partial charge on any atom is -0.493 e. The van der Waals surface area contributed by atoms with Crippen LogP contribution in [0.4, 0.5) is 11.4 Å². The lowest BCUT2D eigenvalue weighted by molar-refractivity contribution is -0.120. The molecule has 3 rings (SSSR count). The summed E-state index contributed by atoms with van der Waals surface area (Å²) in [6.07, 6.45) is 1.43. The highest BCUT2D eigenvalue weighted by Gasteiger charge is 2.18. The molecule has 10 heteroatoms. The van der Waals surface area contributed by atoms with Crippen molar-refractivity contribution in [3.8, 4) is 17.6 Å². The molecular formula is C23H23ClN4O5. The van der Waals surface area contributed by atoms with Crippen molar-refractivity contribution in [1.82, 2.24) is 0 Å². The highest BCUT2D eigenvalue weighted by Crippen LogP contribution is 2.31. The van der Waals surface area contributed by atoms with Gasteiger partial charge in [0.25, 0.3) is 11.8 Å². The number of amides is 2. The molecule has 1 aliphatic rings. The van der Waals surface area contributed by atoms with Crippen LogP contribution in [0.2, 0.25) is 5.02 Å². The number of hydrogen-bond acceptors (Lipinski definition) is 7. The van der Waals surface area contributed by atoms with Gasteiger partial charge in [0.05, 0.1) is 31.7 Å². The molecule has 0 saturated carbocycles. The number of nitriles is 1. The number of halogens is 1. The monoisotopic (exact) mass is 470 g/mol. The van der Waals surface area contributed by atoms with Crippen molar-refractivity contribution in [2.24, 2.45) is 5.73 Å². The van der Waals surface area contributed by atoms with Gasteiger partial charge < -0.3 is 30.2 Å². The third-order valence-electron chi connectivity index (χ3n) is 4.79. The van der Waals surface area contributed by atoms with E-state index in [1.165, 1.54) is 13.2 Å². The van der Waals surface area contributed by atoms with E-state index in [4.69, 9.17) is 31.5 Å². The Morgan fingerprint density at radius 3 is 2.67 bits per heavy atom. The van der Waals surface area contributed by atoms with Crippen LogP contribution in [0.1, 0.15) is 5.56 Å². The summed E-state index contributed by atoms with van der Waals surface area (Å²) in [5.41, 5.74) is 6.81. The maximum atomic E-state index is 12.9. The second-order valence-corrected chi connectivity index (χ2v) is 7.49. The van der Waals surface area contributed by atoms with Gasteiger partial charge in [-0.3, -0.25) is 9.59 Å². The van der Waals surface area contributed by atoms with Crippen molar-refractivity contribution < 1.29 is 23.8 Å². The van der Waals surface area contributed by atoms with E-state index >= 15 is 0 Å². The molecule has 0 aromatic heterocycles. The van der Waals surface area contributed by atoms with Gasteiger partial charge in [0, 0.05) is 18.1 Å². The van der Waals surface area contributed by atoms with Crippen molar-refractivity contribution in [2.45, 2.75) is 0 Å². The van der Waals surface area contributed by atoms with E-state index in [1.807, 2.05) is 12.1 Å². The molecule has 2 aromatic rings. The normalized spacial score (nSPS) is 13.7. The van der Waals surface area contributed by atoms with E-state index in [2.05, 4.69) is 10.2 Å². The first-order valence-corrected chi connectivity index (χ1v) is 10.4. The molecule has 1 aliphatic heterocycles. The molecule has 1 fully saturated rings. The Morgan fingerprint density at radius 1 is 1.24 bits per heavy atom. The van der Waals surface area contributed by atoms with Crippen molar-refractivity contribution in [3.05, 3.63) is 52.6 Å². The summed E-state index contributed by atoms with van der Waals surface area (Å²) < 4.78 is 16.0. The second-order valence-electron chi connectivity index (χ2n) is 7.05. The number of nitrogens with one attached hydrogen (secondary N) is 1. The maximum absolute atomic E-state index is 12.9. The lowest BCUT2D eigenvalue weighted by atomic mass is 10.1. The zero-order valence-corrected chi connectivity index (χ0v) is 18.7. The zero-order chi connectivity index (χ0) is 23.8. The van der Waals surface area contributed by atoms with E-state index in [0.717, 1.165) is 5.69 Å². The van der Waals surface area contributed by atoms with E-state index in [-0.39, 0.29) is 12.2 Å². The van der Waals surface area contributed by atoms with Gasteiger partial charge in [-0.2, -0.15) is 5.26 Å². The fourth-order valence-corrected chi connectivity index (χ4v) is 3.41. The smallest absolute Gasteiger partial charge is 0.266 e. The summed E-state index contributed by atoms with van der Waals surface area (Å²) in [6.45, 7) is 2.22. The molecule has 172 valence electrons. The molecule has 1 saturated heterocycles. The van der Waals surface area contributed by atoms with Crippen LogP contribution >= 0.6 is 11.6 Å². The first-order chi connectivity index (χ1) is 15.9. The topological polar surface area (TPSA) is 127 Å². The maximum Gasteiger partial charge on any atom is 0.266 e. The molecule has 9 nitrogen and oxygen atoms in total. The number of benzene rings is 2. The number of ether oxygens (including phenoxy) is 3. The molecule has 0 spiro atoms. The van der Waals surface area contributed by atoms with E-state index in [0.29, 0.717) is 54.1 Å². The molecule has 0 atom stereocenters. The van der Waals surface area contributed by atoms with Gasteiger partial charge in [-0.05, 0) is 42.0 Å². The van der Waals surface area contributed by atoms with Gasteiger partial charge in [-0.1, -0.05) is 17.7 Å². The number of primary amides is 1. The molecule has 1 heterocycles. The van der Waals surface area contributed by atoms with Crippen molar-refractivity contribution in [2.75, 3.05) is 50.2 Å². The third-order valence-corrected chi connectivity index (χ3v) is 5.03. The van der Waals surface area contributed by atoms with Gasteiger partial charge in [0.1, 0.15) is 11.6 Å². The quantitative estimate of drug-likeness (QED) is 0.448. The number of hydrogen-bond donors (Lipinski definition) is 2. The number of nitrogens with zero attached hydrogens (tertiary/aromatic N) is 2. The van der Waals surface area contributed by atoms with Crippen molar-refractivity contribution in [3.63, 3.8) is 0 Å². The molecule has 2 aromatic carbocycles. The van der Waals surface area contributed by atoms with Crippen molar-refractivity contribution >= 4 is 40.9 Å². The molecule has 0 bridgehead atoms. The van der Waals surface area contributed by atoms with Crippen LogP contribution in [0, 0.1) is 11.3 Å². The number of methoxy groups -OCH3 is 1. The molecule has 0 unspecified atom stereocenters. The van der Waals surface area contributed by atoms with Gasteiger partial charge in [-0.15, -0.1) is 0 Å². The first-order valence-electron chi connectivity index (χ1n) is 10.1. The van der Waals surface area contributed by atoms with Crippen LogP contribution in [0.3, 0.4) is 0 Å². The highest BCUT2D eigenvalue weighted by molar-refractivity contribution is 6.31. The SMILES string of the molecule is COc1cc(/C=C(\C#N)C(=O)Nc2cc(Cl)ccc2N2CCOCC2)ccc1OCC(N)=O. The predicted octanol–water partition coefficient (Wildman–Crippen LogP) is 2.59. The number of carbonyl (C=O) groups excluding carboxylic acids is 2.